The molecule has 4 aromatic carbocycles. The predicted molar refractivity (Wildman–Crippen MR) is 167 cm³/mol. The molecule has 0 atom stereocenters. The number of carboxylic acid groups (broad SMARTS) is 4. The molecule has 4 aromatic rings. The van der Waals surface area contributed by atoms with Crippen LogP contribution < -0.4 is 0 Å². The Kier molecular flexibility index (Phi) is 13.8. The highest BCUT2D eigenvalue weighted by Crippen LogP contribution is 2.36. The van der Waals surface area contributed by atoms with Crippen LogP contribution >= 0.6 is 0 Å². The van der Waals surface area contributed by atoms with Gasteiger partial charge in [0.15, 0.2) is 0 Å². The smallest absolute Gasteiger partial charge is 0.330 e. The lowest BCUT2D eigenvalue weighted by Crippen LogP contribution is -2.44. The molecule has 0 heterocycles. The molecule has 244 valence electrons. The Morgan fingerprint density at radius 1 is 0.348 bits per heavy atom. The van der Waals surface area contributed by atoms with Gasteiger partial charge >= 0.3 is 23.9 Å². The van der Waals surface area contributed by atoms with Crippen LogP contribution in [0.15, 0.2) is 97.1 Å². The number of rotatable bonds is 8. The third-order valence-corrected chi connectivity index (χ3v) is 6.48. The van der Waals surface area contributed by atoms with E-state index in [-0.39, 0.29) is 45.3 Å². The van der Waals surface area contributed by atoms with Crippen LogP contribution in [0.3, 0.4) is 0 Å². The Hall–Kier alpha value is -6.04. The van der Waals surface area contributed by atoms with E-state index in [4.69, 9.17) is 0 Å². The number of phenolic OH excluding ortho intramolecular Hbond substituents is 4. The predicted octanol–water partition coefficient (Wildman–Crippen LogP) is 5.16. The van der Waals surface area contributed by atoms with Crippen molar-refractivity contribution in [2.45, 2.75) is 38.5 Å². The maximum Gasteiger partial charge on any atom is 0.330 e. The highest BCUT2D eigenvalue weighted by Gasteiger charge is 2.51. The number of carbonyl (C=O) groups is 4. The topological polar surface area (TPSA) is 230 Å². The van der Waals surface area contributed by atoms with Gasteiger partial charge < -0.3 is 40.9 Å². The highest BCUT2D eigenvalue weighted by molar-refractivity contribution is 6.09. The van der Waals surface area contributed by atoms with Crippen molar-refractivity contribution in [3.63, 3.8) is 0 Å². The first-order valence-corrected chi connectivity index (χ1v) is 13.9. The first kappa shape index (κ1) is 38.0. The summed E-state index contributed by atoms with van der Waals surface area (Å²) in [4.78, 5) is 46.9. The molecule has 0 bridgehead atoms. The Labute approximate surface area is 264 Å². The Bertz CT molecular complexity index is 1350. The van der Waals surface area contributed by atoms with E-state index in [0.29, 0.717) is 0 Å². The summed E-state index contributed by atoms with van der Waals surface area (Å²) in [6.07, 6.45) is 0. The Morgan fingerprint density at radius 3 is 0.587 bits per heavy atom. The van der Waals surface area contributed by atoms with Crippen LogP contribution in [0.4, 0.5) is 0 Å². The van der Waals surface area contributed by atoms with Crippen LogP contribution in [0.2, 0.25) is 0 Å². The van der Waals surface area contributed by atoms with Gasteiger partial charge in [0.25, 0.3) is 0 Å². The van der Waals surface area contributed by atoms with Gasteiger partial charge in [-0.2, -0.15) is 0 Å². The fraction of sp³-hybridized carbons (Fsp3) is 0.176. The summed E-state index contributed by atoms with van der Waals surface area (Å²) in [5.74, 6) is -6.66. The van der Waals surface area contributed by atoms with Gasteiger partial charge in [-0.05, 0) is 70.8 Å². The van der Waals surface area contributed by atoms with Crippen molar-refractivity contribution in [1.29, 1.82) is 0 Å². The molecule has 0 aromatic heterocycles. The summed E-state index contributed by atoms with van der Waals surface area (Å²) < 4.78 is 0. The largest absolute Gasteiger partial charge is 0.508 e. The summed E-state index contributed by atoms with van der Waals surface area (Å²) in [6.45, 7) is 8.00. The maximum absolute atomic E-state index is 11.7. The monoisotopic (exact) mass is 636 g/mol. The van der Waals surface area contributed by atoms with E-state index in [1.165, 1.54) is 97.1 Å². The molecule has 0 saturated heterocycles. The van der Waals surface area contributed by atoms with Crippen LogP contribution in [-0.2, 0) is 30.0 Å². The Balaban J connectivity index is 0.000000415. The molecule has 0 spiro atoms. The molecule has 12 nitrogen and oxygen atoms in total. The average molecular weight is 637 g/mol. The molecular weight excluding hydrogens is 600 g/mol. The van der Waals surface area contributed by atoms with Gasteiger partial charge in [-0.15, -0.1) is 0 Å². The van der Waals surface area contributed by atoms with E-state index < -0.39 is 34.7 Å². The average Bonchev–Trinajstić information content (AvgIpc) is 3.03. The number of phenols is 4. The van der Waals surface area contributed by atoms with Crippen LogP contribution in [0.1, 0.15) is 49.9 Å². The summed E-state index contributed by atoms with van der Waals surface area (Å²) in [6, 6.07) is 19.7. The first-order valence-electron chi connectivity index (χ1n) is 13.9. The highest BCUT2D eigenvalue weighted by atomic mass is 16.4. The van der Waals surface area contributed by atoms with Crippen molar-refractivity contribution in [2.75, 3.05) is 0 Å². The molecular formula is C34H36O12. The molecule has 0 radical (unpaired) electrons. The second kappa shape index (κ2) is 16.7. The Morgan fingerprint density at radius 2 is 0.478 bits per heavy atom. The number of hydrogen-bond acceptors (Lipinski definition) is 8. The number of benzene rings is 4. The van der Waals surface area contributed by atoms with Crippen molar-refractivity contribution in [2.24, 2.45) is 0 Å². The number of carboxylic acids is 4. The van der Waals surface area contributed by atoms with E-state index in [0.717, 1.165) is 0 Å². The molecule has 0 aliphatic heterocycles. The third-order valence-electron chi connectivity index (χ3n) is 6.48. The number of hydrogen-bond donors (Lipinski definition) is 8. The van der Waals surface area contributed by atoms with Gasteiger partial charge in [0.05, 0.1) is 0 Å². The van der Waals surface area contributed by atoms with Crippen LogP contribution in [0.25, 0.3) is 0 Å². The molecule has 0 unspecified atom stereocenters. The molecule has 0 aliphatic carbocycles. The third kappa shape index (κ3) is 7.72. The van der Waals surface area contributed by atoms with Crippen molar-refractivity contribution >= 4 is 23.9 Å². The van der Waals surface area contributed by atoms with Gasteiger partial charge in [-0.3, -0.25) is 19.2 Å². The lowest BCUT2D eigenvalue weighted by molar-refractivity contribution is -0.157. The summed E-state index contributed by atoms with van der Waals surface area (Å²) in [7, 11) is 0. The minimum Gasteiger partial charge on any atom is -0.508 e. The zero-order valence-electron chi connectivity index (χ0n) is 25.4. The normalized spacial score (nSPS) is 10.3. The van der Waals surface area contributed by atoms with Crippen molar-refractivity contribution < 1.29 is 60.0 Å². The maximum atomic E-state index is 11.7. The summed E-state index contributed by atoms with van der Waals surface area (Å²) in [5, 5.41) is 75.2. The van der Waals surface area contributed by atoms with Crippen molar-refractivity contribution in [3.05, 3.63) is 119 Å². The van der Waals surface area contributed by atoms with Crippen molar-refractivity contribution in [1.82, 2.24) is 0 Å². The van der Waals surface area contributed by atoms with Gasteiger partial charge in [-0.1, -0.05) is 76.2 Å². The van der Waals surface area contributed by atoms with Crippen LogP contribution in [0, 0.1) is 0 Å². The minimum absolute atomic E-state index is 0.00834. The molecule has 0 aliphatic rings. The molecule has 0 fully saturated rings. The van der Waals surface area contributed by atoms with E-state index >= 15 is 0 Å². The van der Waals surface area contributed by atoms with Gasteiger partial charge in [0.2, 0.25) is 10.8 Å². The fourth-order valence-electron chi connectivity index (χ4n) is 4.35. The molecule has 4 rings (SSSR count). The van der Waals surface area contributed by atoms with E-state index in [2.05, 4.69) is 0 Å². The second-order valence-electron chi connectivity index (χ2n) is 8.91. The molecule has 46 heavy (non-hydrogen) atoms. The summed E-state index contributed by atoms with van der Waals surface area (Å²) >= 11 is 0. The van der Waals surface area contributed by atoms with E-state index in [9.17, 15) is 60.0 Å². The van der Waals surface area contributed by atoms with Crippen LogP contribution in [0.5, 0.6) is 23.0 Å². The lowest BCUT2D eigenvalue weighted by atomic mass is 9.74. The molecule has 12 heteroatoms. The first-order chi connectivity index (χ1) is 21.8. The summed E-state index contributed by atoms with van der Waals surface area (Å²) in [5.41, 5.74) is -4.67. The number of aromatic hydroxyl groups is 4. The van der Waals surface area contributed by atoms with Gasteiger partial charge in [-0.25, -0.2) is 0 Å². The zero-order chi connectivity index (χ0) is 35.2. The lowest BCUT2D eigenvalue weighted by Gasteiger charge is -2.26. The molecule has 0 saturated carbocycles. The SMILES string of the molecule is CC.CC.O=C(O)C(C(=O)O)(c1ccc(O)cc1)c1ccc(O)cc1.O=C(O)C(C(=O)O)(c1ccc(O)cc1)c1ccc(O)cc1. The second-order valence-corrected chi connectivity index (χ2v) is 8.91. The van der Waals surface area contributed by atoms with E-state index in [1.807, 2.05) is 27.7 Å². The van der Waals surface area contributed by atoms with Gasteiger partial charge in [0.1, 0.15) is 23.0 Å². The van der Waals surface area contributed by atoms with Crippen LogP contribution in [-0.4, -0.2) is 64.7 Å². The zero-order valence-corrected chi connectivity index (χ0v) is 25.4. The fourth-order valence-corrected chi connectivity index (χ4v) is 4.35. The van der Waals surface area contributed by atoms with Crippen molar-refractivity contribution in [3.8, 4) is 23.0 Å². The standard InChI is InChI=1S/2C15H12O6.2C2H6/c2*16-11-5-1-9(2-6-11)15(13(18)19,14(20)21)10-3-7-12(17)8-4-10;2*1-2/h2*1-8,16-17H,(H,18,19)(H,20,21);2*1-2H3. The van der Waals surface area contributed by atoms with E-state index in [1.54, 1.807) is 0 Å². The number of aliphatic carboxylic acids is 4. The molecule has 8 N–H and O–H groups in total. The minimum atomic E-state index is -2.32. The molecule has 0 amide bonds. The van der Waals surface area contributed by atoms with Gasteiger partial charge in [0, 0.05) is 0 Å². The quantitative estimate of drug-likeness (QED) is 0.117.